The Hall–Kier alpha value is -1.09. The lowest BCUT2D eigenvalue weighted by molar-refractivity contribution is 0.504. The van der Waals surface area contributed by atoms with Crippen LogP contribution in [0.25, 0.3) is 0 Å². The number of rotatable bonds is 5. The van der Waals surface area contributed by atoms with Gasteiger partial charge in [-0.3, -0.25) is 0 Å². The van der Waals surface area contributed by atoms with Crippen LogP contribution in [0.4, 0.5) is 4.39 Å². The molecule has 0 amide bonds. The predicted octanol–water partition coefficient (Wildman–Crippen LogP) is 5.37. The second-order valence-corrected chi connectivity index (χ2v) is 5.45. The summed E-state index contributed by atoms with van der Waals surface area (Å²) in [6.45, 7) is 2.50. The van der Waals surface area contributed by atoms with Crippen LogP contribution < -0.4 is 5.32 Å². The summed E-state index contributed by atoms with van der Waals surface area (Å²) in [6, 6.07) is 12.9. The summed E-state index contributed by atoms with van der Waals surface area (Å²) in [4.78, 5) is 0. The lowest BCUT2D eigenvalue weighted by atomic mass is 10.0. The summed E-state index contributed by atoms with van der Waals surface area (Å²) in [6.07, 6.45) is 0.891. The van der Waals surface area contributed by atoms with Gasteiger partial charge in [-0.15, -0.1) is 0 Å². The van der Waals surface area contributed by atoms with Crippen LogP contribution in [0.3, 0.4) is 0 Å². The summed E-state index contributed by atoms with van der Waals surface area (Å²) in [5, 5.41) is 4.20. The summed E-state index contributed by atoms with van der Waals surface area (Å²) >= 11 is 11.8. The fourth-order valence-electron chi connectivity index (χ4n) is 2.14. The quantitative estimate of drug-likeness (QED) is 0.782. The van der Waals surface area contributed by atoms with Gasteiger partial charge in [0.1, 0.15) is 5.82 Å². The predicted molar refractivity (Wildman–Crippen MR) is 82.7 cm³/mol. The van der Waals surface area contributed by atoms with Crippen molar-refractivity contribution in [2.45, 2.75) is 25.9 Å². The van der Waals surface area contributed by atoms with Crippen molar-refractivity contribution in [3.8, 4) is 0 Å². The molecule has 0 aliphatic carbocycles. The summed E-state index contributed by atoms with van der Waals surface area (Å²) in [5.74, 6) is -0.359. The molecule has 0 bridgehead atoms. The monoisotopic (exact) mass is 311 g/mol. The molecular formula is C16H16Cl2FN. The van der Waals surface area contributed by atoms with Gasteiger partial charge in [0.05, 0.1) is 5.02 Å². The molecule has 4 heteroatoms. The van der Waals surface area contributed by atoms with E-state index < -0.39 is 0 Å². The van der Waals surface area contributed by atoms with E-state index in [2.05, 4.69) is 12.2 Å². The van der Waals surface area contributed by atoms with E-state index >= 15 is 0 Å². The van der Waals surface area contributed by atoms with E-state index in [0.717, 1.165) is 12.0 Å². The molecule has 20 heavy (non-hydrogen) atoms. The van der Waals surface area contributed by atoms with E-state index in [0.29, 0.717) is 17.1 Å². The normalized spacial score (nSPS) is 12.4. The van der Waals surface area contributed by atoms with E-state index in [1.54, 1.807) is 18.2 Å². The molecule has 0 aliphatic heterocycles. The standard InChI is InChI=1S/C16H16Cl2FN/c1-2-15(11-5-3-7-13(17)9-11)20-10-12-6-4-8-14(18)16(12)19/h3-9,15,20H,2,10H2,1H3. The van der Waals surface area contributed by atoms with Crippen molar-refractivity contribution in [2.24, 2.45) is 0 Å². The minimum absolute atomic E-state index is 0.132. The van der Waals surface area contributed by atoms with Crippen LogP contribution in [0.15, 0.2) is 42.5 Å². The highest BCUT2D eigenvalue weighted by Crippen LogP contribution is 2.22. The Morgan fingerprint density at radius 1 is 1.15 bits per heavy atom. The van der Waals surface area contributed by atoms with Crippen molar-refractivity contribution in [1.82, 2.24) is 5.32 Å². The summed E-state index contributed by atoms with van der Waals surface area (Å²) < 4.78 is 13.8. The Balaban J connectivity index is 2.10. The van der Waals surface area contributed by atoms with Crippen molar-refractivity contribution in [3.63, 3.8) is 0 Å². The van der Waals surface area contributed by atoms with Crippen molar-refractivity contribution < 1.29 is 4.39 Å². The molecule has 1 atom stereocenters. The largest absolute Gasteiger partial charge is 0.306 e. The summed E-state index contributed by atoms with van der Waals surface area (Å²) in [7, 11) is 0. The first-order valence-electron chi connectivity index (χ1n) is 6.53. The molecule has 0 saturated heterocycles. The zero-order valence-electron chi connectivity index (χ0n) is 11.2. The van der Waals surface area contributed by atoms with Crippen molar-refractivity contribution in [3.05, 3.63) is 69.5 Å². The molecule has 1 nitrogen and oxygen atoms in total. The van der Waals surface area contributed by atoms with E-state index in [1.807, 2.05) is 24.3 Å². The topological polar surface area (TPSA) is 12.0 Å². The van der Waals surface area contributed by atoms with Gasteiger partial charge >= 0.3 is 0 Å². The molecule has 0 aromatic heterocycles. The van der Waals surface area contributed by atoms with Gasteiger partial charge in [0.2, 0.25) is 0 Å². The van der Waals surface area contributed by atoms with E-state index in [-0.39, 0.29) is 16.9 Å². The summed E-state index contributed by atoms with van der Waals surface area (Å²) in [5.41, 5.74) is 1.67. The zero-order valence-corrected chi connectivity index (χ0v) is 12.7. The van der Waals surface area contributed by atoms with Gasteiger partial charge in [-0.1, -0.05) is 54.4 Å². The minimum Gasteiger partial charge on any atom is -0.306 e. The lowest BCUT2D eigenvalue weighted by Crippen LogP contribution is -2.20. The van der Waals surface area contributed by atoms with Crippen LogP contribution in [0.2, 0.25) is 10.0 Å². The van der Waals surface area contributed by atoms with Gasteiger partial charge in [-0.2, -0.15) is 0 Å². The average Bonchev–Trinajstić information content (AvgIpc) is 2.44. The van der Waals surface area contributed by atoms with E-state index in [1.165, 1.54) is 0 Å². The first kappa shape index (κ1) is 15.3. The first-order chi connectivity index (χ1) is 9.61. The number of nitrogens with one attached hydrogen (secondary N) is 1. The fraction of sp³-hybridized carbons (Fsp3) is 0.250. The van der Waals surface area contributed by atoms with E-state index in [9.17, 15) is 4.39 Å². The first-order valence-corrected chi connectivity index (χ1v) is 7.29. The molecule has 0 radical (unpaired) electrons. The molecule has 1 unspecified atom stereocenters. The molecule has 0 aliphatic rings. The van der Waals surface area contributed by atoms with Crippen molar-refractivity contribution in [1.29, 1.82) is 0 Å². The lowest BCUT2D eigenvalue weighted by Gasteiger charge is -2.18. The SMILES string of the molecule is CCC(NCc1cccc(Cl)c1F)c1cccc(Cl)c1. The zero-order chi connectivity index (χ0) is 14.5. The molecule has 106 valence electrons. The van der Waals surface area contributed by atoms with Crippen LogP contribution in [0.5, 0.6) is 0 Å². The van der Waals surface area contributed by atoms with Gasteiger partial charge in [-0.05, 0) is 30.2 Å². The smallest absolute Gasteiger partial charge is 0.146 e. The molecule has 2 aromatic carbocycles. The Labute approximate surface area is 128 Å². The molecule has 0 fully saturated rings. The van der Waals surface area contributed by atoms with Crippen molar-refractivity contribution in [2.75, 3.05) is 0 Å². The van der Waals surface area contributed by atoms with Crippen LogP contribution in [0, 0.1) is 5.82 Å². The third-order valence-corrected chi connectivity index (χ3v) is 3.76. The maximum Gasteiger partial charge on any atom is 0.146 e. The van der Waals surface area contributed by atoms with Crippen LogP contribution in [-0.4, -0.2) is 0 Å². The molecule has 0 spiro atoms. The van der Waals surface area contributed by atoms with Crippen molar-refractivity contribution >= 4 is 23.2 Å². The Bertz CT molecular complexity index is 586. The maximum atomic E-state index is 13.8. The van der Waals surface area contributed by atoms with Crippen LogP contribution in [-0.2, 0) is 6.54 Å². The fourth-order valence-corrected chi connectivity index (χ4v) is 2.53. The van der Waals surface area contributed by atoms with E-state index in [4.69, 9.17) is 23.2 Å². The van der Waals surface area contributed by atoms with Gasteiger partial charge in [0.25, 0.3) is 0 Å². The third-order valence-electron chi connectivity index (χ3n) is 3.23. The molecule has 0 heterocycles. The van der Waals surface area contributed by atoms with Gasteiger partial charge in [0, 0.05) is 23.2 Å². The third kappa shape index (κ3) is 3.72. The highest BCUT2D eigenvalue weighted by Gasteiger charge is 2.11. The van der Waals surface area contributed by atoms with Crippen LogP contribution >= 0.6 is 23.2 Å². The number of halogens is 3. The molecule has 2 rings (SSSR count). The Morgan fingerprint density at radius 2 is 1.90 bits per heavy atom. The molecule has 2 aromatic rings. The minimum atomic E-state index is -0.359. The van der Waals surface area contributed by atoms with Crippen LogP contribution in [0.1, 0.15) is 30.5 Å². The Kier molecular flexibility index (Phi) is 5.41. The highest BCUT2D eigenvalue weighted by atomic mass is 35.5. The second-order valence-electron chi connectivity index (χ2n) is 4.61. The molecule has 0 saturated carbocycles. The number of hydrogen-bond acceptors (Lipinski definition) is 1. The van der Waals surface area contributed by atoms with Gasteiger partial charge in [0.15, 0.2) is 0 Å². The van der Waals surface area contributed by atoms with Gasteiger partial charge in [-0.25, -0.2) is 4.39 Å². The van der Waals surface area contributed by atoms with Gasteiger partial charge < -0.3 is 5.32 Å². The molecule has 1 N–H and O–H groups in total. The molecular weight excluding hydrogens is 296 g/mol. The number of benzene rings is 2. The number of hydrogen-bond donors (Lipinski definition) is 1. The average molecular weight is 312 g/mol. The maximum absolute atomic E-state index is 13.8. The second kappa shape index (κ2) is 7.07. The highest BCUT2D eigenvalue weighted by molar-refractivity contribution is 6.31. The Morgan fingerprint density at radius 3 is 2.60 bits per heavy atom.